The van der Waals surface area contributed by atoms with Crippen LogP contribution in [-0.4, -0.2) is 31.7 Å². The Kier molecular flexibility index (Phi) is 3.78. The molecule has 1 atom stereocenters. The Morgan fingerprint density at radius 1 is 1.40 bits per heavy atom. The first-order valence-corrected chi connectivity index (χ1v) is 5.96. The number of nitrogens with one attached hydrogen (secondary N) is 2. The van der Waals surface area contributed by atoms with Crippen LogP contribution in [0.15, 0.2) is 18.5 Å². The molecule has 0 amide bonds. The van der Waals surface area contributed by atoms with E-state index in [0.29, 0.717) is 17.5 Å². The van der Waals surface area contributed by atoms with Gasteiger partial charge >= 0.3 is 0 Å². The number of pyridine rings is 1. The first-order valence-electron chi connectivity index (χ1n) is 5.96. The number of aryl methyl sites for hydroxylation is 1. The van der Waals surface area contributed by atoms with Crippen LogP contribution in [-0.2, 0) is 7.05 Å². The number of hydrogen-bond acceptors (Lipinski definition) is 7. The molecule has 9 heteroatoms. The minimum atomic E-state index is -0.458. The molecule has 2 aromatic rings. The molecule has 0 saturated heterocycles. The number of hydrogen-bond donors (Lipinski definition) is 2. The minimum absolute atomic E-state index is 0.0305. The molecule has 0 aliphatic rings. The van der Waals surface area contributed by atoms with Crippen LogP contribution >= 0.6 is 0 Å². The summed E-state index contributed by atoms with van der Waals surface area (Å²) in [6, 6.07) is 2.58. The van der Waals surface area contributed by atoms with E-state index in [4.69, 9.17) is 0 Å². The standard InChI is InChI=1S/C11H15N7O2/c1-7(11-16-13-6-17(11)3)14-10-5-8(18(19)20)4-9(12-2)15-10/h4-7H,1-3H3,(H2,12,14,15). The highest BCUT2D eigenvalue weighted by Crippen LogP contribution is 2.23. The third-order valence-electron chi connectivity index (χ3n) is 2.78. The number of rotatable bonds is 5. The van der Waals surface area contributed by atoms with E-state index in [1.807, 2.05) is 14.0 Å². The summed E-state index contributed by atoms with van der Waals surface area (Å²) in [6.07, 6.45) is 1.59. The Morgan fingerprint density at radius 2 is 2.10 bits per heavy atom. The molecule has 2 heterocycles. The van der Waals surface area contributed by atoms with Crippen molar-refractivity contribution in [1.29, 1.82) is 0 Å². The van der Waals surface area contributed by atoms with Gasteiger partial charge in [-0.1, -0.05) is 0 Å². The fourth-order valence-electron chi connectivity index (χ4n) is 1.79. The van der Waals surface area contributed by atoms with Crippen molar-refractivity contribution in [1.82, 2.24) is 19.7 Å². The summed E-state index contributed by atoms with van der Waals surface area (Å²) in [7, 11) is 3.48. The number of nitrogens with zero attached hydrogens (tertiary/aromatic N) is 5. The molecule has 0 aromatic carbocycles. The van der Waals surface area contributed by atoms with Crippen LogP contribution in [0.25, 0.3) is 0 Å². The zero-order valence-corrected chi connectivity index (χ0v) is 11.4. The van der Waals surface area contributed by atoms with Gasteiger partial charge in [0.1, 0.15) is 18.0 Å². The Bertz CT molecular complexity index is 625. The molecule has 0 radical (unpaired) electrons. The van der Waals surface area contributed by atoms with Crippen LogP contribution < -0.4 is 10.6 Å². The van der Waals surface area contributed by atoms with Crippen LogP contribution in [0.5, 0.6) is 0 Å². The Labute approximate surface area is 115 Å². The van der Waals surface area contributed by atoms with Gasteiger partial charge in [-0.05, 0) is 6.92 Å². The molecule has 2 N–H and O–H groups in total. The van der Waals surface area contributed by atoms with E-state index >= 15 is 0 Å². The summed E-state index contributed by atoms with van der Waals surface area (Å²) < 4.78 is 1.77. The summed E-state index contributed by atoms with van der Waals surface area (Å²) in [4.78, 5) is 14.7. The molecule has 0 aliphatic heterocycles. The third-order valence-corrected chi connectivity index (χ3v) is 2.78. The van der Waals surface area contributed by atoms with Gasteiger partial charge in [0.15, 0.2) is 5.82 Å². The predicted octanol–water partition coefficient (Wildman–Crippen LogP) is 1.33. The molecular weight excluding hydrogens is 262 g/mol. The molecule has 0 saturated carbocycles. The maximum atomic E-state index is 10.9. The van der Waals surface area contributed by atoms with Gasteiger partial charge in [0.25, 0.3) is 5.69 Å². The second kappa shape index (κ2) is 5.51. The average molecular weight is 277 g/mol. The van der Waals surface area contributed by atoms with Crippen molar-refractivity contribution in [2.75, 3.05) is 17.7 Å². The van der Waals surface area contributed by atoms with Crippen molar-refractivity contribution < 1.29 is 4.92 Å². The summed E-state index contributed by atoms with van der Waals surface area (Å²) in [6.45, 7) is 1.88. The zero-order valence-electron chi connectivity index (χ0n) is 11.4. The van der Waals surface area contributed by atoms with Gasteiger partial charge < -0.3 is 15.2 Å². The summed E-state index contributed by atoms with van der Waals surface area (Å²) in [5.41, 5.74) is -0.0305. The number of nitro groups is 1. The molecule has 0 bridgehead atoms. The largest absolute Gasteiger partial charge is 0.373 e. The van der Waals surface area contributed by atoms with E-state index in [2.05, 4.69) is 25.8 Å². The second-order valence-corrected chi connectivity index (χ2v) is 4.27. The Hall–Kier alpha value is -2.71. The van der Waals surface area contributed by atoms with E-state index in [-0.39, 0.29) is 11.7 Å². The Balaban J connectivity index is 2.26. The van der Waals surface area contributed by atoms with Crippen LogP contribution in [0.4, 0.5) is 17.3 Å². The maximum Gasteiger partial charge on any atom is 0.276 e. The zero-order chi connectivity index (χ0) is 14.7. The van der Waals surface area contributed by atoms with E-state index < -0.39 is 4.92 Å². The molecule has 2 aromatic heterocycles. The molecule has 0 fully saturated rings. The fraction of sp³-hybridized carbons (Fsp3) is 0.364. The van der Waals surface area contributed by atoms with Gasteiger partial charge in [-0.3, -0.25) is 10.1 Å². The molecule has 2 rings (SSSR count). The van der Waals surface area contributed by atoms with Crippen molar-refractivity contribution in [3.63, 3.8) is 0 Å². The highest BCUT2D eigenvalue weighted by molar-refractivity contribution is 5.54. The molecule has 9 nitrogen and oxygen atoms in total. The summed E-state index contributed by atoms with van der Waals surface area (Å²) in [5, 5.41) is 24.5. The molecule has 0 spiro atoms. The second-order valence-electron chi connectivity index (χ2n) is 4.27. The lowest BCUT2D eigenvalue weighted by Gasteiger charge is -2.14. The van der Waals surface area contributed by atoms with Crippen LogP contribution in [0, 0.1) is 10.1 Å². The van der Waals surface area contributed by atoms with E-state index in [1.54, 1.807) is 17.9 Å². The molecule has 1 unspecified atom stereocenters. The van der Waals surface area contributed by atoms with Gasteiger partial charge in [-0.2, -0.15) is 0 Å². The Morgan fingerprint density at radius 3 is 2.65 bits per heavy atom. The minimum Gasteiger partial charge on any atom is -0.373 e. The van der Waals surface area contributed by atoms with Crippen molar-refractivity contribution in [2.24, 2.45) is 7.05 Å². The molecule has 0 aliphatic carbocycles. The highest BCUT2D eigenvalue weighted by Gasteiger charge is 2.15. The third kappa shape index (κ3) is 2.82. The SMILES string of the molecule is CNc1cc([N+](=O)[O-])cc(NC(C)c2nncn2C)n1. The first kappa shape index (κ1) is 13.7. The fourth-order valence-corrected chi connectivity index (χ4v) is 1.79. The number of aromatic nitrogens is 4. The summed E-state index contributed by atoms with van der Waals surface area (Å²) in [5.74, 6) is 1.54. The monoisotopic (exact) mass is 277 g/mol. The van der Waals surface area contributed by atoms with E-state index in [9.17, 15) is 10.1 Å². The van der Waals surface area contributed by atoms with Gasteiger partial charge in [-0.25, -0.2) is 4.98 Å². The van der Waals surface area contributed by atoms with Crippen molar-refractivity contribution >= 4 is 17.3 Å². The quantitative estimate of drug-likeness (QED) is 0.626. The lowest BCUT2D eigenvalue weighted by molar-refractivity contribution is -0.384. The summed E-state index contributed by atoms with van der Waals surface area (Å²) >= 11 is 0. The number of anilines is 2. The lowest BCUT2D eigenvalue weighted by Crippen LogP contribution is -2.13. The van der Waals surface area contributed by atoms with Crippen molar-refractivity contribution in [2.45, 2.75) is 13.0 Å². The first-order chi connectivity index (χ1) is 9.51. The lowest BCUT2D eigenvalue weighted by atomic mass is 10.3. The van der Waals surface area contributed by atoms with Crippen LogP contribution in [0.3, 0.4) is 0 Å². The van der Waals surface area contributed by atoms with Gasteiger partial charge in [0.2, 0.25) is 0 Å². The van der Waals surface area contributed by atoms with E-state index in [0.717, 1.165) is 0 Å². The topological polar surface area (TPSA) is 111 Å². The predicted molar refractivity (Wildman–Crippen MR) is 73.5 cm³/mol. The van der Waals surface area contributed by atoms with Gasteiger partial charge in [0.05, 0.1) is 23.1 Å². The van der Waals surface area contributed by atoms with Gasteiger partial charge in [-0.15, -0.1) is 10.2 Å². The van der Waals surface area contributed by atoms with E-state index in [1.165, 1.54) is 12.1 Å². The van der Waals surface area contributed by atoms with Crippen molar-refractivity contribution in [3.05, 3.63) is 34.4 Å². The normalized spacial score (nSPS) is 11.9. The molecule has 20 heavy (non-hydrogen) atoms. The smallest absolute Gasteiger partial charge is 0.276 e. The van der Waals surface area contributed by atoms with Crippen LogP contribution in [0.2, 0.25) is 0 Å². The average Bonchev–Trinajstić information content (AvgIpc) is 2.84. The van der Waals surface area contributed by atoms with Gasteiger partial charge in [0, 0.05) is 14.1 Å². The maximum absolute atomic E-state index is 10.9. The van der Waals surface area contributed by atoms with Crippen molar-refractivity contribution in [3.8, 4) is 0 Å². The molecular formula is C11H15N7O2. The molecule has 106 valence electrons. The van der Waals surface area contributed by atoms with Crippen LogP contribution in [0.1, 0.15) is 18.8 Å². The highest BCUT2D eigenvalue weighted by atomic mass is 16.6.